The molecule has 19 heavy (non-hydrogen) atoms. The van der Waals surface area contributed by atoms with Crippen LogP contribution in [0.25, 0.3) is 0 Å². The highest BCUT2D eigenvalue weighted by molar-refractivity contribution is 5.96. The van der Waals surface area contributed by atoms with Crippen LogP contribution in [0, 0.1) is 5.92 Å². The third kappa shape index (κ3) is 2.98. The van der Waals surface area contributed by atoms with E-state index in [1.165, 1.54) is 18.4 Å². The van der Waals surface area contributed by atoms with Crippen LogP contribution in [-0.4, -0.2) is 36.5 Å². The third-order valence-electron chi connectivity index (χ3n) is 4.05. The molecule has 0 radical (unpaired) electrons. The molecule has 1 amide bonds. The SMILES string of the molecule is CC(CNC1CC1)CN1CCc2ccccc2C1=O. The van der Waals surface area contributed by atoms with Crippen LogP contribution in [0.15, 0.2) is 24.3 Å². The maximum Gasteiger partial charge on any atom is 0.254 e. The zero-order valence-corrected chi connectivity index (χ0v) is 11.6. The van der Waals surface area contributed by atoms with E-state index in [4.69, 9.17) is 0 Å². The predicted molar refractivity (Wildman–Crippen MR) is 76.2 cm³/mol. The lowest BCUT2D eigenvalue weighted by atomic mass is 9.98. The molecule has 1 fully saturated rings. The van der Waals surface area contributed by atoms with Crippen LogP contribution >= 0.6 is 0 Å². The van der Waals surface area contributed by atoms with Gasteiger partial charge < -0.3 is 10.2 Å². The van der Waals surface area contributed by atoms with E-state index < -0.39 is 0 Å². The Balaban J connectivity index is 1.58. The van der Waals surface area contributed by atoms with Crippen molar-refractivity contribution in [1.29, 1.82) is 0 Å². The maximum atomic E-state index is 12.4. The third-order valence-corrected chi connectivity index (χ3v) is 4.05. The van der Waals surface area contributed by atoms with E-state index >= 15 is 0 Å². The predicted octanol–water partition coefficient (Wildman–Crippen LogP) is 2.07. The second-order valence-electron chi connectivity index (χ2n) is 5.95. The quantitative estimate of drug-likeness (QED) is 0.877. The molecule has 0 aromatic heterocycles. The molecule has 1 saturated carbocycles. The van der Waals surface area contributed by atoms with Crippen LogP contribution in [0.4, 0.5) is 0 Å². The highest BCUT2D eigenvalue weighted by atomic mass is 16.2. The van der Waals surface area contributed by atoms with Gasteiger partial charge in [0.05, 0.1) is 0 Å². The van der Waals surface area contributed by atoms with Gasteiger partial charge in [0, 0.05) is 24.7 Å². The minimum absolute atomic E-state index is 0.208. The van der Waals surface area contributed by atoms with Gasteiger partial charge in [-0.15, -0.1) is 0 Å². The lowest BCUT2D eigenvalue weighted by Gasteiger charge is -2.30. The summed E-state index contributed by atoms with van der Waals surface area (Å²) in [5.41, 5.74) is 2.10. The summed E-state index contributed by atoms with van der Waals surface area (Å²) >= 11 is 0. The fourth-order valence-electron chi connectivity index (χ4n) is 2.74. The van der Waals surface area contributed by atoms with Gasteiger partial charge in [0.15, 0.2) is 0 Å². The van der Waals surface area contributed by atoms with Crippen LogP contribution in [-0.2, 0) is 6.42 Å². The van der Waals surface area contributed by atoms with Gasteiger partial charge in [-0.3, -0.25) is 4.79 Å². The lowest BCUT2D eigenvalue weighted by Crippen LogP contribution is -2.42. The number of rotatable bonds is 5. The molecule has 1 heterocycles. The molecule has 1 aliphatic carbocycles. The molecule has 1 atom stereocenters. The molecule has 1 unspecified atom stereocenters. The standard InChI is InChI=1S/C16H22N2O/c1-12(10-17-14-6-7-14)11-18-9-8-13-4-2-3-5-15(13)16(18)19/h2-5,12,14,17H,6-11H2,1H3. The summed E-state index contributed by atoms with van der Waals surface area (Å²) in [6.07, 6.45) is 3.64. The molecule has 0 spiro atoms. The number of amides is 1. The molecular formula is C16H22N2O. The minimum atomic E-state index is 0.208. The number of fused-ring (bicyclic) bond motifs is 1. The molecule has 2 aliphatic rings. The summed E-state index contributed by atoms with van der Waals surface area (Å²) in [6.45, 7) is 4.98. The number of nitrogens with zero attached hydrogens (tertiary/aromatic N) is 1. The van der Waals surface area contributed by atoms with Crippen molar-refractivity contribution in [3.8, 4) is 0 Å². The average Bonchev–Trinajstić information content (AvgIpc) is 3.24. The number of nitrogens with one attached hydrogen (secondary N) is 1. The molecule has 3 nitrogen and oxygen atoms in total. The lowest BCUT2D eigenvalue weighted by molar-refractivity contribution is 0.0715. The van der Waals surface area contributed by atoms with E-state index in [1.807, 2.05) is 23.1 Å². The Bertz CT molecular complexity index is 468. The first-order chi connectivity index (χ1) is 9.24. The Morgan fingerprint density at radius 3 is 2.95 bits per heavy atom. The summed E-state index contributed by atoms with van der Waals surface area (Å²) in [4.78, 5) is 14.4. The van der Waals surface area contributed by atoms with Gasteiger partial charge in [0.25, 0.3) is 5.91 Å². The van der Waals surface area contributed by atoms with Gasteiger partial charge >= 0.3 is 0 Å². The van der Waals surface area contributed by atoms with E-state index in [0.29, 0.717) is 5.92 Å². The molecule has 102 valence electrons. The molecule has 3 heteroatoms. The van der Waals surface area contributed by atoms with Crippen LogP contribution in [0.1, 0.15) is 35.7 Å². The highest BCUT2D eigenvalue weighted by Crippen LogP contribution is 2.21. The van der Waals surface area contributed by atoms with Crippen molar-refractivity contribution >= 4 is 5.91 Å². The first-order valence-corrected chi connectivity index (χ1v) is 7.34. The van der Waals surface area contributed by atoms with Crippen molar-refractivity contribution in [2.75, 3.05) is 19.6 Å². The molecule has 0 saturated heterocycles. The van der Waals surface area contributed by atoms with E-state index in [-0.39, 0.29) is 5.91 Å². The maximum absolute atomic E-state index is 12.4. The van der Waals surface area contributed by atoms with Crippen molar-refractivity contribution in [2.24, 2.45) is 5.92 Å². The van der Waals surface area contributed by atoms with Gasteiger partial charge in [-0.1, -0.05) is 25.1 Å². The monoisotopic (exact) mass is 258 g/mol. The van der Waals surface area contributed by atoms with Gasteiger partial charge in [-0.25, -0.2) is 0 Å². The van der Waals surface area contributed by atoms with Crippen molar-refractivity contribution in [3.63, 3.8) is 0 Å². The van der Waals surface area contributed by atoms with Gasteiger partial charge in [0.2, 0.25) is 0 Å². The number of benzene rings is 1. The molecule has 3 rings (SSSR count). The molecular weight excluding hydrogens is 236 g/mol. The van der Waals surface area contributed by atoms with Crippen molar-refractivity contribution in [3.05, 3.63) is 35.4 Å². The Kier molecular flexibility index (Phi) is 3.56. The summed E-state index contributed by atoms with van der Waals surface area (Å²) < 4.78 is 0. The Morgan fingerprint density at radius 1 is 1.37 bits per heavy atom. The average molecular weight is 258 g/mol. The zero-order valence-electron chi connectivity index (χ0n) is 11.6. The second kappa shape index (κ2) is 5.33. The van der Waals surface area contributed by atoms with Crippen molar-refractivity contribution in [2.45, 2.75) is 32.2 Å². The van der Waals surface area contributed by atoms with E-state index in [9.17, 15) is 4.79 Å². The summed E-state index contributed by atoms with van der Waals surface area (Å²) in [7, 11) is 0. The molecule has 1 aromatic carbocycles. The first kappa shape index (κ1) is 12.7. The van der Waals surface area contributed by atoms with Crippen molar-refractivity contribution in [1.82, 2.24) is 10.2 Å². The normalized spacial score (nSPS) is 20.3. The van der Waals surface area contributed by atoms with Crippen LogP contribution < -0.4 is 5.32 Å². The smallest absolute Gasteiger partial charge is 0.254 e. The number of hydrogen-bond donors (Lipinski definition) is 1. The van der Waals surface area contributed by atoms with Crippen LogP contribution in [0.3, 0.4) is 0 Å². The fourth-order valence-corrected chi connectivity index (χ4v) is 2.74. The molecule has 1 N–H and O–H groups in total. The van der Waals surface area contributed by atoms with Crippen molar-refractivity contribution < 1.29 is 4.79 Å². The number of carbonyl (C=O) groups is 1. The Hall–Kier alpha value is -1.35. The Morgan fingerprint density at radius 2 is 2.16 bits per heavy atom. The van der Waals surface area contributed by atoms with Gasteiger partial charge in [-0.05, 0) is 43.4 Å². The molecule has 1 aliphatic heterocycles. The van der Waals surface area contributed by atoms with E-state index in [1.54, 1.807) is 0 Å². The fraction of sp³-hybridized carbons (Fsp3) is 0.562. The molecule has 0 bridgehead atoms. The number of hydrogen-bond acceptors (Lipinski definition) is 2. The van der Waals surface area contributed by atoms with Crippen LogP contribution in [0.5, 0.6) is 0 Å². The minimum Gasteiger partial charge on any atom is -0.338 e. The largest absolute Gasteiger partial charge is 0.338 e. The topological polar surface area (TPSA) is 32.3 Å². The summed E-state index contributed by atoms with van der Waals surface area (Å²) in [5.74, 6) is 0.731. The zero-order chi connectivity index (χ0) is 13.2. The van der Waals surface area contributed by atoms with Gasteiger partial charge in [0.1, 0.15) is 0 Å². The number of carbonyl (C=O) groups excluding carboxylic acids is 1. The second-order valence-corrected chi connectivity index (χ2v) is 5.95. The van der Waals surface area contributed by atoms with E-state index in [0.717, 1.165) is 37.7 Å². The van der Waals surface area contributed by atoms with E-state index in [2.05, 4.69) is 18.3 Å². The summed E-state index contributed by atoms with van der Waals surface area (Å²) in [6, 6.07) is 8.75. The highest BCUT2D eigenvalue weighted by Gasteiger charge is 2.26. The Labute approximate surface area is 115 Å². The van der Waals surface area contributed by atoms with Gasteiger partial charge in [-0.2, -0.15) is 0 Å². The van der Waals surface area contributed by atoms with Crippen LogP contribution in [0.2, 0.25) is 0 Å². The summed E-state index contributed by atoms with van der Waals surface area (Å²) in [5, 5.41) is 3.54. The molecule has 1 aromatic rings. The first-order valence-electron chi connectivity index (χ1n) is 7.34.